The van der Waals surface area contributed by atoms with Gasteiger partial charge in [-0.1, -0.05) is 29.3 Å². The van der Waals surface area contributed by atoms with E-state index < -0.39 is 0 Å². The van der Waals surface area contributed by atoms with Crippen molar-refractivity contribution in [2.75, 3.05) is 6.61 Å². The lowest BCUT2D eigenvalue weighted by molar-refractivity contribution is 0.0850. The number of ether oxygens (including phenoxy) is 1. The van der Waals surface area contributed by atoms with E-state index in [1.165, 1.54) is 16.7 Å². The number of aryl methyl sites for hydroxylation is 2. The number of rotatable bonds is 4. The van der Waals surface area contributed by atoms with E-state index in [9.17, 15) is 0 Å². The van der Waals surface area contributed by atoms with Gasteiger partial charge in [0.15, 0.2) is 0 Å². The highest BCUT2D eigenvalue weighted by Gasteiger charge is 2.10. The highest BCUT2D eigenvalue weighted by Crippen LogP contribution is 2.10. The first kappa shape index (κ1) is 12.2. The number of nitrogens with two attached hydrogens (primary N) is 1. The summed E-state index contributed by atoms with van der Waals surface area (Å²) >= 11 is 0. The number of hydrogen-bond donors (Lipinski definition) is 1. The molecule has 0 aliphatic heterocycles. The first-order chi connectivity index (χ1) is 6.87. The van der Waals surface area contributed by atoms with Crippen molar-refractivity contribution in [2.45, 2.75) is 39.8 Å². The van der Waals surface area contributed by atoms with Gasteiger partial charge in [-0.15, -0.1) is 0 Å². The second kappa shape index (κ2) is 4.77. The summed E-state index contributed by atoms with van der Waals surface area (Å²) in [7, 11) is 0. The van der Waals surface area contributed by atoms with Gasteiger partial charge < -0.3 is 10.5 Å². The summed E-state index contributed by atoms with van der Waals surface area (Å²) in [6.07, 6.45) is 0. The second-order valence-electron chi connectivity index (χ2n) is 4.98. The van der Waals surface area contributed by atoms with Crippen LogP contribution in [-0.4, -0.2) is 12.1 Å². The van der Waals surface area contributed by atoms with Gasteiger partial charge in [0.1, 0.15) is 0 Å². The first-order valence-electron chi connectivity index (χ1n) is 5.31. The zero-order valence-electron chi connectivity index (χ0n) is 10.1. The van der Waals surface area contributed by atoms with Gasteiger partial charge in [-0.3, -0.25) is 0 Å². The van der Waals surface area contributed by atoms with E-state index in [4.69, 9.17) is 10.5 Å². The molecule has 0 aromatic heterocycles. The molecule has 0 amide bonds. The molecule has 0 aliphatic rings. The molecule has 0 spiro atoms. The molecule has 0 aliphatic carbocycles. The van der Waals surface area contributed by atoms with Crippen LogP contribution in [0.1, 0.15) is 30.5 Å². The molecular weight excluding hydrogens is 186 g/mol. The van der Waals surface area contributed by atoms with Gasteiger partial charge in [0.2, 0.25) is 0 Å². The maximum absolute atomic E-state index is 5.83. The molecule has 2 N–H and O–H groups in total. The van der Waals surface area contributed by atoms with Gasteiger partial charge in [0.25, 0.3) is 0 Å². The lowest BCUT2D eigenvalue weighted by atomic mass is 10.1. The monoisotopic (exact) mass is 207 g/mol. The molecule has 0 heterocycles. The van der Waals surface area contributed by atoms with E-state index in [0.29, 0.717) is 13.2 Å². The lowest BCUT2D eigenvalue weighted by Crippen LogP contribution is -2.37. The Kier molecular flexibility index (Phi) is 3.89. The third-order valence-electron chi connectivity index (χ3n) is 2.02. The SMILES string of the molecule is Cc1cc(C)cc(COCC(C)(C)N)c1. The molecule has 0 saturated carbocycles. The average molecular weight is 207 g/mol. The summed E-state index contributed by atoms with van der Waals surface area (Å²) in [6, 6.07) is 6.46. The van der Waals surface area contributed by atoms with Crippen LogP contribution in [0.15, 0.2) is 18.2 Å². The highest BCUT2D eigenvalue weighted by atomic mass is 16.5. The van der Waals surface area contributed by atoms with Crippen molar-refractivity contribution < 1.29 is 4.74 Å². The predicted octanol–water partition coefficient (Wildman–Crippen LogP) is 2.56. The molecule has 0 fully saturated rings. The van der Waals surface area contributed by atoms with Crippen LogP contribution in [0.2, 0.25) is 0 Å². The van der Waals surface area contributed by atoms with Crippen molar-refractivity contribution in [3.8, 4) is 0 Å². The Labute approximate surface area is 92.4 Å². The molecule has 1 rings (SSSR count). The minimum atomic E-state index is -0.251. The van der Waals surface area contributed by atoms with E-state index in [0.717, 1.165) is 0 Å². The third-order valence-corrected chi connectivity index (χ3v) is 2.02. The van der Waals surface area contributed by atoms with Crippen LogP contribution in [0.5, 0.6) is 0 Å². The fourth-order valence-corrected chi connectivity index (χ4v) is 1.58. The molecule has 2 heteroatoms. The maximum Gasteiger partial charge on any atom is 0.0718 e. The fourth-order valence-electron chi connectivity index (χ4n) is 1.58. The van der Waals surface area contributed by atoms with Crippen molar-refractivity contribution >= 4 is 0 Å². The Bertz CT molecular complexity index is 306. The molecule has 2 nitrogen and oxygen atoms in total. The van der Waals surface area contributed by atoms with Gasteiger partial charge in [-0.05, 0) is 33.3 Å². The molecule has 1 aromatic rings. The van der Waals surface area contributed by atoms with Crippen molar-refractivity contribution in [3.05, 3.63) is 34.9 Å². The topological polar surface area (TPSA) is 35.2 Å². The molecule has 0 radical (unpaired) electrons. The van der Waals surface area contributed by atoms with E-state index in [2.05, 4.69) is 32.0 Å². The number of hydrogen-bond acceptors (Lipinski definition) is 2. The predicted molar refractivity (Wildman–Crippen MR) is 63.8 cm³/mol. The van der Waals surface area contributed by atoms with E-state index in [-0.39, 0.29) is 5.54 Å². The molecule has 1 aromatic carbocycles. The van der Waals surface area contributed by atoms with Crippen molar-refractivity contribution in [1.29, 1.82) is 0 Å². The van der Waals surface area contributed by atoms with Crippen LogP contribution in [0.4, 0.5) is 0 Å². The molecule has 0 atom stereocenters. The van der Waals surface area contributed by atoms with Gasteiger partial charge in [0.05, 0.1) is 13.2 Å². The summed E-state index contributed by atoms with van der Waals surface area (Å²) in [5.41, 5.74) is 9.36. The van der Waals surface area contributed by atoms with Crippen molar-refractivity contribution in [2.24, 2.45) is 5.73 Å². The van der Waals surface area contributed by atoms with Crippen molar-refractivity contribution in [1.82, 2.24) is 0 Å². The quantitative estimate of drug-likeness (QED) is 0.823. The van der Waals surface area contributed by atoms with Crippen LogP contribution < -0.4 is 5.73 Å². The minimum absolute atomic E-state index is 0.251. The van der Waals surface area contributed by atoms with E-state index in [1.807, 2.05) is 13.8 Å². The summed E-state index contributed by atoms with van der Waals surface area (Å²) in [4.78, 5) is 0. The summed E-state index contributed by atoms with van der Waals surface area (Å²) in [5.74, 6) is 0. The molecule has 0 bridgehead atoms. The molecule has 0 saturated heterocycles. The van der Waals surface area contributed by atoms with Gasteiger partial charge >= 0.3 is 0 Å². The van der Waals surface area contributed by atoms with Crippen LogP contribution >= 0.6 is 0 Å². The Morgan fingerprint density at radius 1 is 1.13 bits per heavy atom. The van der Waals surface area contributed by atoms with Crippen LogP contribution in [0.3, 0.4) is 0 Å². The fraction of sp³-hybridized carbons (Fsp3) is 0.538. The van der Waals surface area contributed by atoms with Crippen LogP contribution in [-0.2, 0) is 11.3 Å². The summed E-state index contributed by atoms with van der Waals surface area (Å²) in [5, 5.41) is 0. The lowest BCUT2D eigenvalue weighted by Gasteiger charge is -2.18. The standard InChI is InChI=1S/C13H21NO/c1-10-5-11(2)7-12(6-10)8-15-9-13(3,4)14/h5-7H,8-9,14H2,1-4H3. The Morgan fingerprint density at radius 3 is 2.13 bits per heavy atom. The van der Waals surface area contributed by atoms with Gasteiger partial charge in [-0.2, -0.15) is 0 Å². The zero-order chi connectivity index (χ0) is 11.5. The summed E-state index contributed by atoms with van der Waals surface area (Å²) < 4.78 is 5.57. The van der Waals surface area contributed by atoms with Gasteiger partial charge in [0, 0.05) is 5.54 Å². The maximum atomic E-state index is 5.83. The van der Waals surface area contributed by atoms with Gasteiger partial charge in [-0.25, -0.2) is 0 Å². The normalized spacial score (nSPS) is 11.8. The second-order valence-corrected chi connectivity index (χ2v) is 4.98. The molecule has 84 valence electrons. The smallest absolute Gasteiger partial charge is 0.0718 e. The average Bonchev–Trinajstić information content (AvgIpc) is 1.99. The highest BCUT2D eigenvalue weighted by molar-refractivity contribution is 5.27. The third kappa shape index (κ3) is 4.96. The summed E-state index contributed by atoms with van der Waals surface area (Å²) in [6.45, 7) is 9.36. The Morgan fingerprint density at radius 2 is 1.67 bits per heavy atom. The van der Waals surface area contributed by atoms with E-state index >= 15 is 0 Å². The van der Waals surface area contributed by atoms with Crippen LogP contribution in [0.25, 0.3) is 0 Å². The van der Waals surface area contributed by atoms with Crippen molar-refractivity contribution in [3.63, 3.8) is 0 Å². The first-order valence-corrected chi connectivity index (χ1v) is 5.31. The molecular formula is C13H21NO. The van der Waals surface area contributed by atoms with Crippen LogP contribution in [0, 0.1) is 13.8 Å². The van der Waals surface area contributed by atoms with E-state index in [1.54, 1.807) is 0 Å². The molecule has 15 heavy (non-hydrogen) atoms. The zero-order valence-corrected chi connectivity index (χ0v) is 10.1. The number of benzene rings is 1. The Hall–Kier alpha value is -0.860. The molecule has 0 unspecified atom stereocenters. The Balaban J connectivity index is 2.51. The largest absolute Gasteiger partial charge is 0.375 e. The minimum Gasteiger partial charge on any atom is -0.375 e.